The molecule has 0 amide bonds. The van der Waals surface area contributed by atoms with Crippen LogP contribution in [0.15, 0.2) is 0 Å². The third kappa shape index (κ3) is 369. The molecule has 0 rings (SSSR count). The summed E-state index contributed by atoms with van der Waals surface area (Å²) in [5, 5.41) is 0. The molecule has 0 aliphatic rings. The summed E-state index contributed by atoms with van der Waals surface area (Å²) in [5.74, 6) is 0. The second-order valence-electron chi connectivity index (χ2n) is 0.554. The van der Waals surface area contributed by atoms with E-state index in [2.05, 4.69) is 0 Å². The molecule has 0 bridgehead atoms. The summed E-state index contributed by atoms with van der Waals surface area (Å²) in [6.07, 6.45) is 0. The van der Waals surface area contributed by atoms with E-state index in [-0.39, 0.29) is 0 Å². The Hall–Kier alpha value is 0.240. The van der Waals surface area contributed by atoms with Gasteiger partial charge in [0.25, 0.3) is 0 Å². The van der Waals surface area contributed by atoms with Crippen LogP contribution >= 0.6 is 8.25 Å². The first kappa shape index (κ1) is 5.24. The summed E-state index contributed by atoms with van der Waals surface area (Å²) in [5.41, 5.74) is 0. The predicted molar refractivity (Wildman–Crippen MR) is 16.1 cm³/mol. The van der Waals surface area contributed by atoms with E-state index in [4.69, 9.17) is 14.7 Å². The molecule has 0 atom stereocenters. The van der Waals surface area contributed by atoms with Gasteiger partial charge in [0, 0.05) is 0 Å². The summed E-state index contributed by atoms with van der Waals surface area (Å²) >= 11 is 0. The molecular formula is H4FO3P. The average Bonchev–Trinajstić information content (AvgIpc) is 0.722. The third-order valence-corrected chi connectivity index (χ3v) is 0. The van der Waals surface area contributed by atoms with Crippen molar-refractivity contribution in [2.45, 2.75) is 0 Å². The molecule has 0 radical (unpaired) electrons. The van der Waals surface area contributed by atoms with Gasteiger partial charge in [-0.25, -0.2) is 0 Å². The Labute approximate surface area is 28.4 Å². The van der Waals surface area contributed by atoms with E-state index in [1.807, 2.05) is 0 Å². The summed E-state index contributed by atoms with van der Waals surface area (Å²) in [6, 6.07) is 0. The van der Waals surface area contributed by atoms with Crippen LogP contribution in [0, 0.1) is 0 Å². The van der Waals surface area contributed by atoms with E-state index in [9.17, 15) is 4.20 Å². The third-order valence-electron chi connectivity index (χ3n) is 0. The normalized spacial score (nSPS) is 15.2. The molecule has 0 aliphatic heterocycles. The Balaban J connectivity index is 3.02. The van der Waals surface area contributed by atoms with E-state index >= 15 is 0 Å². The zero-order chi connectivity index (χ0) is 4.50. The van der Waals surface area contributed by atoms with Crippen LogP contribution in [0.25, 0.3) is 0 Å². The first-order valence-corrected chi connectivity index (χ1v) is 2.58. The van der Waals surface area contributed by atoms with Crippen molar-refractivity contribution in [3.8, 4) is 0 Å². The van der Waals surface area contributed by atoms with Gasteiger partial charge in [-0.2, -0.15) is 0 Å². The van der Waals surface area contributed by atoms with Crippen molar-refractivity contribution < 1.29 is 18.9 Å². The summed E-state index contributed by atoms with van der Waals surface area (Å²) in [7, 11) is -5.11. The van der Waals surface area contributed by atoms with E-state index in [0.717, 1.165) is 0 Å². The number of hydrogen-bond acceptors (Lipinski definition) is 3. The fourth-order valence-corrected chi connectivity index (χ4v) is 0. The molecule has 5 heteroatoms. The predicted octanol–water partition coefficient (Wildman–Crippen LogP) is -0.657. The maximum atomic E-state index is 10.5. The van der Waals surface area contributed by atoms with Crippen LogP contribution in [-0.4, -0.2) is 14.7 Å². The molecule has 0 heterocycles. The quantitative estimate of drug-likeness (QED) is 0.356. The van der Waals surface area contributed by atoms with Crippen molar-refractivity contribution in [2.24, 2.45) is 0 Å². The fourth-order valence-electron chi connectivity index (χ4n) is 0. The molecule has 3 nitrogen and oxygen atoms in total. The van der Waals surface area contributed by atoms with Gasteiger partial charge >= 0.3 is 27.1 Å². The standard InChI is InChI=1S/FH4O3P/c1-5(2,3)4/h2-5H. The van der Waals surface area contributed by atoms with Gasteiger partial charge in [0.05, 0.1) is 0 Å². The van der Waals surface area contributed by atoms with Crippen LogP contribution in [-0.2, 0) is 0 Å². The van der Waals surface area contributed by atoms with Crippen molar-refractivity contribution in [1.82, 2.24) is 0 Å². The van der Waals surface area contributed by atoms with E-state index < -0.39 is 8.25 Å². The van der Waals surface area contributed by atoms with Crippen LogP contribution in [0.3, 0.4) is 0 Å². The van der Waals surface area contributed by atoms with Crippen molar-refractivity contribution in [3.63, 3.8) is 0 Å². The number of rotatable bonds is 0. The summed E-state index contributed by atoms with van der Waals surface area (Å²) < 4.78 is 10.5. The number of halogens is 1. The minimum atomic E-state index is -5.11. The molecular weight excluding hydrogens is 98.0 g/mol. The molecule has 0 saturated carbocycles. The van der Waals surface area contributed by atoms with Crippen LogP contribution in [0.5, 0.6) is 0 Å². The van der Waals surface area contributed by atoms with Crippen molar-refractivity contribution in [3.05, 3.63) is 0 Å². The van der Waals surface area contributed by atoms with Gasteiger partial charge in [-0.15, -0.1) is 0 Å². The second-order valence-corrected chi connectivity index (χ2v) is 1.66. The molecule has 0 spiro atoms. The van der Waals surface area contributed by atoms with Crippen molar-refractivity contribution in [1.29, 1.82) is 0 Å². The van der Waals surface area contributed by atoms with E-state index in [1.54, 1.807) is 0 Å². The van der Waals surface area contributed by atoms with Gasteiger partial charge < -0.3 is 0 Å². The van der Waals surface area contributed by atoms with E-state index in [0.29, 0.717) is 0 Å². The van der Waals surface area contributed by atoms with Crippen LogP contribution in [0.2, 0.25) is 0 Å². The molecule has 0 aliphatic carbocycles. The topological polar surface area (TPSA) is 60.7 Å². The first-order chi connectivity index (χ1) is 2.00. The first-order valence-electron chi connectivity index (χ1n) is 0.860. The molecule has 5 heavy (non-hydrogen) atoms. The molecule has 0 aromatic rings. The van der Waals surface area contributed by atoms with Crippen LogP contribution in [0.4, 0.5) is 4.20 Å². The Morgan fingerprint density at radius 2 is 1.20 bits per heavy atom. The van der Waals surface area contributed by atoms with Gasteiger partial charge in [0.2, 0.25) is 0 Å². The molecule has 0 aromatic carbocycles. The zero-order valence-corrected chi connectivity index (χ0v) is 3.22. The monoisotopic (exact) mass is 102 g/mol. The Morgan fingerprint density at radius 1 is 1.20 bits per heavy atom. The molecule has 0 saturated heterocycles. The SMILES string of the molecule is O[PH](O)(O)F. The zero-order valence-electron chi connectivity index (χ0n) is 2.22. The van der Waals surface area contributed by atoms with Crippen molar-refractivity contribution >= 4 is 8.25 Å². The minimum absolute atomic E-state index is 5.11. The Morgan fingerprint density at radius 3 is 1.20 bits per heavy atom. The molecule has 0 aromatic heterocycles. The van der Waals surface area contributed by atoms with E-state index in [1.165, 1.54) is 0 Å². The Bertz CT molecular complexity index is 22.4. The Kier molecular flexibility index (Phi) is 1.20. The van der Waals surface area contributed by atoms with Crippen molar-refractivity contribution in [2.75, 3.05) is 0 Å². The van der Waals surface area contributed by atoms with Gasteiger partial charge in [-0.05, 0) is 0 Å². The summed E-state index contributed by atoms with van der Waals surface area (Å²) in [6.45, 7) is 0. The number of hydrogen-bond donors (Lipinski definition) is 3. The fraction of sp³-hybridized carbons (Fsp3) is 0. The molecule has 0 unspecified atom stereocenters. The van der Waals surface area contributed by atoms with Gasteiger partial charge in [0.15, 0.2) is 0 Å². The molecule has 3 N–H and O–H groups in total. The van der Waals surface area contributed by atoms with Crippen LogP contribution < -0.4 is 0 Å². The average molecular weight is 102 g/mol. The van der Waals surface area contributed by atoms with Gasteiger partial charge in [-0.1, -0.05) is 0 Å². The maximum absolute atomic E-state index is 10.5. The van der Waals surface area contributed by atoms with Crippen LogP contribution in [0.1, 0.15) is 0 Å². The van der Waals surface area contributed by atoms with Gasteiger partial charge in [-0.3, -0.25) is 0 Å². The molecule has 0 fully saturated rings. The molecule has 34 valence electrons. The summed E-state index contributed by atoms with van der Waals surface area (Å²) in [4.78, 5) is 21.3. The van der Waals surface area contributed by atoms with Gasteiger partial charge in [0.1, 0.15) is 0 Å². The second kappa shape index (κ2) is 1.14.